The van der Waals surface area contributed by atoms with Gasteiger partial charge in [-0.15, -0.1) is 0 Å². The lowest BCUT2D eigenvalue weighted by atomic mass is 10.0. The molecule has 0 aliphatic carbocycles. The van der Waals surface area contributed by atoms with Gasteiger partial charge in [-0.05, 0) is 12.0 Å². The van der Waals surface area contributed by atoms with Crippen molar-refractivity contribution in [2.75, 3.05) is 0 Å². The number of aliphatic carboxylic acids is 1. The molecule has 1 N–H and O–H groups in total. The molecular formula is C26H41IO5. The number of unbranched alkanes of at least 4 members (excludes halogenated alkanes) is 14. The lowest BCUT2D eigenvalue weighted by Crippen LogP contribution is -2.08. The molecule has 0 unspecified atom stereocenters. The average Bonchev–Trinajstić information content (AvgIpc) is 2.75. The number of carboxylic acid groups (broad SMARTS) is 1. The van der Waals surface area contributed by atoms with E-state index in [2.05, 4.69) is 6.92 Å². The maximum atomic E-state index is 12.5. The van der Waals surface area contributed by atoms with Gasteiger partial charge in [0.15, 0.2) is 5.78 Å². The third-order valence-electron chi connectivity index (χ3n) is 5.88. The lowest BCUT2D eigenvalue weighted by Gasteiger charge is -2.07. The molecule has 0 fully saturated rings. The summed E-state index contributed by atoms with van der Waals surface area (Å²) in [5.41, 5.74) is 0.388. The molecule has 182 valence electrons. The predicted molar refractivity (Wildman–Crippen MR) is 136 cm³/mol. The topological polar surface area (TPSA) is 88.5 Å². The quantitative estimate of drug-likeness (QED) is 0.0988. The molecule has 0 spiro atoms. The van der Waals surface area contributed by atoms with Gasteiger partial charge in [0.05, 0.1) is 9.99 Å². The second-order valence-corrected chi connectivity index (χ2v) is 11.0. The van der Waals surface area contributed by atoms with Crippen LogP contribution in [0.5, 0.6) is 0 Å². The van der Waals surface area contributed by atoms with Gasteiger partial charge >= 0.3 is 25.8 Å². The van der Waals surface area contributed by atoms with Crippen LogP contribution in [0.25, 0.3) is 0 Å². The highest BCUT2D eigenvalue weighted by molar-refractivity contribution is 14.2. The molecule has 6 heteroatoms. The summed E-state index contributed by atoms with van der Waals surface area (Å²) in [5.74, 6) is -1.30. The van der Waals surface area contributed by atoms with E-state index in [1.807, 2.05) is 0 Å². The van der Waals surface area contributed by atoms with Crippen LogP contribution in [0.15, 0.2) is 18.2 Å². The Labute approximate surface area is 200 Å². The van der Waals surface area contributed by atoms with Gasteiger partial charge in [0, 0.05) is 12.0 Å². The summed E-state index contributed by atoms with van der Waals surface area (Å²) in [6.07, 6.45) is 18.7. The maximum Gasteiger partial charge on any atom is 0.341 e. The zero-order chi connectivity index (χ0) is 23.6. The van der Waals surface area contributed by atoms with Crippen molar-refractivity contribution in [3.05, 3.63) is 32.9 Å². The van der Waals surface area contributed by atoms with Gasteiger partial charge in [-0.3, -0.25) is 9.59 Å². The number of hydrogen-bond acceptors (Lipinski definition) is 4. The van der Waals surface area contributed by atoms with Crippen LogP contribution >= 0.6 is 19.8 Å². The second kappa shape index (κ2) is 18.2. The van der Waals surface area contributed by atoms with Crippen molar-refractivity contribution in [2.45, 2.75) is 116 Å². The summed E-state index contributed by atoms with van der Waals surface area (Å²) in [5, 5.41) is 8.98. The van der Waals surface area contributed by atoms with Crippen LogP contribution in [0.1, 0.15) is 126 Å². The highest BCUT2D eigenvalue weighted by atomic mass is 127. The Balaban J connectivity index is 2.16. The third-order valence-corrected chi connectivity index (χ3v) is 8.04. The number of hydrogen-bond donors (Lipinski definition) is 1. The standard InChI is InChI=1S/C26H41IO5/c1-2-3-4-5-6-7-8-9-10-11-12-13-14-15-16-20-24(28)23-19-17-18-22(21-25(29)30)26(23)27(31)32/h17-19H,2-16,20-21H2,1H3,(H,29,30). The number of carboxylic acids is 1. The van der Waals surface area contributed by atoms with Crippen LogP contribution in [-0.4, -0.2) is 16.9 Å². The third kappa shape index (κ3) is 12.7. The lowest BCUT2D eigenvalue weighted by molar-refractivity contribution is -0.136. The van der Waals surface area contributed by atoms with Gasteiger partial charge in [0.2, 0.25) is 0 Å². The summed E-state index contributed by atoms with van der Waals surface area (Å²) < 4.78 is 23.4. The Bertz CT molecular complexity index is 747. The number of benzene rings is 1. The van der Waals surface area contributed by atoms with E-state index < -0.39 is 25.8 Å². The Hall–Kier alpha value is -1.31. The van der Waals surface area contributed by atoms with Gasteiger partial charge < -0.3 is 5.11 Å². The molecule has 0 bridgehead atoms. The summed E-state index contributed by atoms with van der Waals surface area (Å²) >= 11 is -3.97. The normalized spacial score (nSPS) is 11.2. The van der Waals surface area contributed by atoms with E-state index in [1.165, 1.54) is 89.2 Å². The van der Waals surface area contributed by atoms with E-state index >= 15 is 0 Å². The molecule has 32 heavy (non-hydrogen) atoms. The van der Waals surface area contributed by atoms with Crippen molar-refractivity contribution >= 4 is 31.5 Å². The zero-order valence-electron chi connectivity index (χ0n) is 19.7. The number of Topliss-reactive ketones (excluding diaryl/α,β-unsaturated/α-hetero) is 1. The fourth-order valence-corrected chi connectivity index (χ4v) is 5.96. The molecule has 0 radical (unpaired) electrons. The minimum atomic E-state index is -3.97. The predicted octanol–water partition coefficient (Wildman–Crippen LogP) is 8.12. The van der Waals surface area contributed by atoms with Crippen molar-refractivity contribution in [1.82, 2.24) is 0 Å². The molecule has 0 heterocycles. The van der Waals surface area contributed by atoms with Gasteiger partial charge in [0.1, 0.15) is 0 Å². The highest BCUT2D eigenvalue weighted by Crippen LogP contribution is 2.28. The van der Waals surface area contributed by atoms with Crippen molar-refractivity contribution in [3.63, 3.8) is 0 Å². The van der Waals surface area contributed by atoms with Crippen LogP contribution in [0.2, 0.25) is 0 Å². The van der Waals surface area contributed by atoms with Crippen molar-refractivity contribution in [2.24, 2.45) is 0 Å². The molecule has 0 saturated carbocycles. The van der Waals surface area contributed by atoms with Crippen LogP contribution in [0.4, 0.5) is 0 Å². The molecule has 0 atom stereocenters. The SMILES string of the molecule is CCCCCCCCCCCCCCCCCC(=O)c1cccc(CC(=O)O)c1I(=O)=O. The minimum Gasteiger partial charge on any atom is -0.481 e. The van der Waals surface area contributed by atoms with Crippen LogP contribution in [-0.2, 0) is 17.4 Å². The first-order valence-electron chi connectivity index (χ1n) is 12.4. The van der Waals surface area contributed by atoms with E-state index in [-0.39, 0.29) is 26.9 Å². The average molecular weight is 561 g/mol. The zero-order valence-corrected chi connectivity index (χ0v) is 21.9. The molecule has 0 saturated heterocycles. The van der Waals surface area contributed by atoms with Crippen LogP contribution < -0.4 is 0 Å². The number of rotatable bonds is 20. The summed E-state index contributed by atoms with van der Waals surface area (Å²) in [4.78, 5) is 23.5. The highest BCUT2D eigenvalue weighted by Gasteiger charge is 2.19. The van der Waals surface area contributed by atoms with Gasteiger partial charge in [-0.1, -0.05) is 115 Å². The van der Waals surface area contributed by atoms with E-state index in [4.69, 9.17) is 5.11 Å². The first-order chi connectivity index (χ1) is 15.5. The van der Waals surface area contributed by atoms with Crippen molar-refractivity contribution in [3.8, 4) is 0 Å². The fraction of sp³-hybridized carbons (Fsp3) is 0.692. The summed E-state index contributed by atoms with van der Waals surface area (Å²) in [6, 6.07) is 4.56. The van der Waals surface area contributed by atoms with E-state index in [9.17, 15) is 15.7 Å². The van der Waals surface area contributed by atoms with Crippen LogP contribution in [0, 0.1) is 3.57 Å². The molecule has 0 aromatic heterocycles. The number of ketones is 1. The molecule has 0 aliphatic rings. The molecule has 1 rings (SSSR count). The number of halogens is 1. The smallest absolute Gasteiger partial charge is 0.341 e. The van der Waals surface area contributed by atoms with E-state index in [0.29, 0.717) is 6.42 Å². The molecule has 5 nitrogen and oxygen atoms in total. The molecule has 1 aromatic rings. The largest absolute Gasteiger partial charge is 0.481 e. The Morgan fingerprint density at radius 1 is 0.750 bits per heavy atom. The fourth-order valence-electron chi connectivity index (χ4n) is 4.07. The van der Waals surface area contributed by atoms with Gasteiger partial charge in [0.25, 0.3) is 0 Å². The summed E-state index contributed by atoms with van der Waals surface area (Å²) in [7, 11) is 0. The first-order valence-corrected chi connectivity index (χ1v) is 15.2. The number of carbonyl (C=O) groups is 2. The van der Waals surface area contributed by atoms with Crippen molar-refractivity contribution in [1.29, 1.82) is 0 Å². The van der Waals surface area contributed by atoms with Gasteiger partial charge in [-0.2, -0.15) is 0 Å². The second-order valence-electron chi connectivity index (χ2n) is 8.69. The molecule has 0 aliphatic heterocycles. The first kappa shape index (κ1) is 28.7. The molecule has 0 amide bonds. The molecular weight excluding hydrogens is 519 g/mol. The Morgan fingerprint density at radius 2 is 1.22 bits per heavy atom. The van der Waals surface area contributed by atoms with Crippen LogP contribution in [0.3, 0.4) is 0 Å². The van der Waals surface area contributed by atoms with E-state index in [1.54, 1.807) is 6.07 Å². The minimum absolute atomic E-state index is 0.0370. The number of carbonyl (C=O) groups excluding carboxylic acids is 1. The van der Waals surface area contributed by atoms with E-state index in [0.717, 1.165) is 19.3 Å². The Morgan fingerprint density at radius 3 is 1.66 bits per heavy atom. The van der Waals surface area contributed by atoms with Gasteiger partial charge in [-0.25, -0.2) is 6.14 Å². The molecule has 1 aromatic carbocycles. The van der Waals surface area contributed by atoms with Crippen molar-refractivity contribution < 1.29 is 20.8 Å². The monoisotopic (exact) mass is 560 g/mol. The maximum absolute atomic E-state index is 12.5. The Kier molecular flexibility index (Phi) is 16.3. The summed E-state index contributed by atoms with van der Waals surface area (Å²) in [6.45, 7) is 2.25.